The third-order valence-corrected chi connectivity index (χ3v) is 5.51. The Bertz CT molecular complexity index is 875. The molecule has 2 fully saturated rings. The lowest BCUT2D eigenvalue weighted by Crippen LogP contribution is -2.27. The highest BCUT2D eigenvalue weighted by molar-refractivity contribution is 5.94. The summed E-state index contributed by atoms with van der Waals surface area (Å²) >= 11 is 0. The van der Waals surface area contributed by atoms with Gasteiger partial charge in [0, 0.05) is 11.3 Å². The van der Waals surface area contributed by atoms with Gasteiger partial charge >= 0.3 is 6.09 Å². The maximum Gasteiger partial charge on any atom is 0.414 e. The molecule has 1 unspecified atom stereocenters. The van der Waals surface area contributed by atoms with E-state index in [1.165, 1.54) is 12.8 Å². The van der Waals surface area contributed by atoms with E-state index in [2.05, 4.69) is 5.32 Å². The van der Waals surface area contributed by atoms with Crippen LogP contribution in [0.25, 0.3) is 0 Å². The van der Waals surface area contributed by atoms with Gasteiger partial charge in [-0.3, -0.25) is 9.69 Å². The van der Waals surface area contributed by atoms with Crippen LogP contribution in [0.5, 0.6) is 5.75 Å². The predicted octanol–water partition coefficient (Wildman–Crippen LogP) is 4.46. The Morgan fingerprint density at radius 1 is 1.17 bits per heavy atom. The fraction of sp³-hybridized carbons (Fsp3) is 0.391. The van der Waals surface area contributed by atoms with Crippen LogP contribution in [-0.2, 0) is 4.74 Å². The molecular weight excluding hydrogens is 368 g/mol. The minimum Gasteiger partial charge on any atom is -0.490 e. The Balaban J connectivity index is 1.38. The van der Waals surface area contributed by atoms with E-state index in [1.807, 2.05) is 43.3 Å². The van der Waals surface area contributed by atoms with Crippen LogP contribution in [0.15, 0.2) is 48.5 Å². The molecular formula is C23H26N2O4. The van der Waals surface area contributed by atoms with Crippen molar-refractivity contribution < 1.29 is 19.1 Å². The lowest BCUT2D eigenvalue weighted by Gasteiger charge is -2.18. The fourth-order valence-corrected chi connectivity index (χ4v) is 3.84. The SMILES string of the molecule is CC(NC(=O)c1ccc(OC2CCCC2)cc1)c1cccc(N2CCOC2=O)c1. The molecule has 2 aliphatic rings. The number of benzene rings is 2. The Kier molecular flexibility index (Phi) is 5.69. The number of anilines is 1. The lowest BCUT2D eigenvalue weighted by atomic mass is 10.1. The van der Waals surface area contributed by atoms with Crippen molar-refractivity contribution in [2.24, 2.45) is 0 Å². The van der Waals surface area contributed by atoms with Gasteiger partial charge in [-0.1, -0.05) is 12.1 Å². The van der Waals surface area contributed by atoms with Gasteiger partial charge in [0.25, 0.3) is 5.91 Å². The van der Waals surface area contributed by atoms with Gasteiger partial charge in [0.05, 0.1) is 18.7 Å². The molecule has 1 N–H and O–H groups in total. The third kappa shape index (κ3) is 4.53. The minimum atomic E-state index is -0.334. The van der Waals surface area contributed by atoms with Crippen LogP contribution in [0.4, 0.5) is 10.5 Å². The van der Waals surface area contributed by atoms with Gasteiger partial charge in [-0.25, -0.2) is 4.79 Å². The molecule has 0 radical (unpaired) electrons. The van der Waals surface area contributed by atoms with Crippen molar-refractivity contribution in [3.05, 3.63) is 59.7 Å². The van der Waals surface area contributed by atoms with E-state index in [4.69, 9.17) is 9.47 Å². The predicted molar refractivity (Wildman–Crippen MR) is 110 cm³/mol. The summed E-state index contributed by atoms with van der Waals surface area (Å²) in [6, 6.07) is 14.7. The Labute approximate surface area is 170 Å². The van der Waals surface area contributed by atoms with E-state index in [0.717, 1.165) is 29.8 Å². The van der Waals surface area contributed by atoms with Gasteiger partial charge in [0.1, 0.15) is 12.4 Å². The highest BCUT2D eigenvalue weighted by Crippen LogP contribution is 2.25. The molecule has 0 bridgehead atoms. The zero-order chi connectivity index (χ0) is 20.2. The first kappa shape index (κ1) is 19.3. The van der Waals surface area contributed by atoms with Gasteiger partial charge in [0.2, 0.25) is 0 Å². The fourth-order valence-electron chi connectivity index (χ4n) is 3.84. The molecule has 1 aliphatic heterocycles. The van der Waals surface area contributed by atoms with E-state index in [9.17, 15) is 9.59 Å². The van der Waals surface area contributed by atoms with Crippen molar-refractivity contribution >= 4 is 17.7 Å². The van der Waals surface area contributed by atoms with Crippen molar-refractivity contribution in [3.63, 3.8) is 0 Å². The molecule has 1 aliphatic carbocycles. The number of carbonyl (C=O) groups is 2. The van der Waals surface area contributed by atoms with Crippen molar-refractivity contribution in [2.45, 2.75) is 44.8 Å². The summed E-state index contributed by atoms with van der Waals surface area (Å²) in [7, 11) is 0. The molecule has 1 heterocycles. The second kappa shape index (κ2) is 8.55. The number of hydrogen-bond donors (Lipinski definition) is 1. The van der Waals surface area contributed by atoms with Gasteiger partial charge in [-0.2, -0.15) is 0 Å². The molecule has 6 heteroatoms. The molecule has 2 aromatic rings. The zero-order valence-electron chi connectivity index (χ0n) is 16.6. The van der Waals surface area contributed by atoms with Crippen LogP contribution in [0, 0.1) is 0 Å². The minimum absolute atomic E-state index is 0.143. The highest BCUT2D eigenvalue weighted by Gasteiger charge is 2.24. The summed E-state index contributed by atoms with van der Waals surface area (Å²) in [6.45, 7) is 2.87. The Hall–Kier alpha value is -3.02. The number of nitrogens with zero attached hydrogens (tertiary/aromatic N) is 1. The molecule has 152 valence electrons. The van der Waals surface area contributed by atoms with Crippen LogP contribution in [0.1, 0.15) is 54.6 Å². The van der Waals surface area contributed by atoms with E-state index in [0.29, 0.717) is 24.8 Å². The summed E-state index contributed by atoms with van der Waals surface area (Å²) in [6.07, 6.45) is 4.63. The summed E-state index contributed by atoms with van der Waals surface area (Å²) in [5.41, 5.74) is 2.30. The van der Waals surface area contributed by atoms with Crippen LogP contribution in [0.2, 0.25) is 0 Å². The monoisotopic (exact) mass is 394 g/mol. The lowest BCUT2D eigenvalue weighted by molar-refractivity contribution is 0.0939. The number of cyclic esters (lactones) is 1. The zero-order valence-corrected chi connectivity index (χ0v) is 16.6. The molecule has 1 saturated heterocycles. The maximum atomic E-state index is 12.6. The van der Waals surface area contributed by atoms with E-state index >= 15 is 0 Å². The van der Waals surface area contributed by atoms with Crippen LogP contribution in [0.3, 0.4) is 0 Å². The number of ether oxygens (including phenoxy) is 2. The largest absolute Gasteiger partial charge is 0.490 e. The molecule has 29 heavy (non-hydrogen) atoms. The Morgan fingerprint density at radius 2 is 1.93 bits per heavy atom. The molecule has 0 spiro atoms. The van der Waals surface area contributed by atoms with E-state index < -0.39 is 0 Å². The van der Waals surface area contributed by atoms with Gasteiger partial charge < -0.3 is 14.8 Å². The Morgan fingerprint density at radius 3 is 2.62 bits per heavy atom. The van der Waals surface area contributed by atoms with Crippen LogP contribution < -0.4 is 15.0 Å². The smallest absolute Gasteiger partial charge is 0.414 e. The maximum absolute atomic E-state index is 12.6. The van der Waals surface area contributed by atoms with Gasteiger partial charge in [0.15, 0.2) is 0 Å². The second-order valence-electron chi connectivity index (χ2n) is 7.60. The van der Waals surface area contributed by atoms with E-state index in [-0.39, 0.29) is 18.0 Å². The van der Waals surface area contributed by atoms with Crippen molar-refractivity contribution in [2.75, 3.05) is 18.1 Å². The molecule has 1 saturated carbocycles. The van der Waals surface area contributed by atoms with Crippen LogP contribution >= 0.6 is 0 Å². The van der Waals surface area contributed by atoms with Crippen molar-refractivity contribution in [1.29, 1.82) is 0 Å². The van der Waals surface area contributed by atoms with Crippen molar-refractivity contribution in [1.82, 2.24) is 5.32 Å². The number of rotatable bonds is 6. The van der Waals surface area contributed by atoms with Crippen LogP contribution in [-0.4, -0.2) is 31.3 Å². The topological polar surface area (TPSA) is 67.9 Å². The number of carbonyl (C=O) groups excluding carboxylic acids is 2. The standard InChI is InChI=1S/C23H26N2O4/c1-16(18-5-4-6-19(15-18)25-13-14-28-23(25)27)24-22(26)17-9-11-21(12-10-17)29-20-7-2-3-8-20/h4-6,9-12,15-16,20H,2-3,7-8,13-14H2,1H3,(H,24,26). The summed E-state index contributed by atoms with van der Waals surface area (Å²) in [4.78, 5) is 26.0. The first-order chi connectivity index (χ1) is 14.1. The number of amides is 2. The normalized spacial score (nSPS) is 17.8. The van der Waals surface area contributed by atoms with Gasteiger partial charge in [-0.05, 0) is 74.6 Å². The number of hydrogen-bond acceptors (Lipinski definition) is 4. The van der Waals surface area contributed by atoms with Gasteiger partial charge in [-0.15, -0.1) is 0 Å². The molecule has 1 atom stereocenters. The van der Waals surface area contributed by atoms with Crippen molar-refractivity contribution in [3.8, 4) is 5.75 Å². The first-order valence-corrected chi connectivity index (χ1v) is 10.2. The summed E-state index contributed by atoms with van der Waals surface area (Å²) < 4.78 is 11.0. The third-order valence-electron chi connectivity index (χ3n) is 5.51. The molecule has 0 aromatic heterocycles. The molecule has 2 amide bonds. The second-order valence-corrected chi connectivity index (χ2v) is 7.60. The first-order valence-electron chi connectivity index (χ1n) is 10.2. The quantitative estimate of drug-likeness (QED) is 0.786. The molecule has 4 rings (SSSR count). The summed E-state index contributed by atoms with van der Waals surface area (Å²) in [5, 5.41) is 3.02. The highest BCUT2D eigenvalue weighted by atomic mass is 16.6. The molecule has 6 nitrogen and oxygen atoms in total. The number of nitrogens with one attached hydrogen (secondary N) is 1. The van der Waals surface area contributed by atoms with E-state index in [1.54, 1.807) is 17.0 Å². The average Bonchev–Trinajstić information content (AvgIpc) is 3.40. The molecule has 2 aromatic carbocycles. The summed E-state index contributed by atoms with van der Waals surface area (Å²) in [5.74, 6) is 0.669. The average molecular weight is 394 g/mol.